The summed E-state index contributed by atoms with van der Waals surface area (Å²) >= 11 is 0. The van der Waals surface area contributed by atoms with Gasteiger partial charge in [-0.25, -0.2) is 8.42 Å². The summed E-state index contributed by atoms with van der Waals surface area (Å²) in [4.78, 5) is 0.297. The fourth-order valence-corrected chi connectivity index (χ4v) is 6.26. The van der Waals surface area contributed by atoms with E-state index in [2.05, 4.69) is 53.4 Å². The van der Waals surface area contributed by atoms with E-state index in [1.54, 1.807) is 6.07 Å². The van der Waals surface area contributed by atoms with Gasteiger partial charge in [-0.1, -0.05) is 48.0 Å². The Morgan fingerprint density at radius 1 is 0.906 bits per heavy atom. The Bertz CT molecular complexity index is 1310. The molecular weight excluding hydrogens is 416 g/mol. The third-order valence-electron chi connectivity index (χ3n) is 6.52. The second-order valence-electron chi connectivity index (χ2n) is 9.12. The Morgan fingerprint density at radius 3 is 2.44 bits per heavy atom. The lowest BCUT2D eigenvalue weighted by Gasteiger charge is -2.37. The van der Waals surface area contributed by atoms with Crippen molar-refractivity contribution in [3.8, 4) is 0 Å². The molecule has 1 aliphatic carbocycles. The third kappa shape index (κ3) is 3.82. The van der Waals surface area contributed by atoms with Gasteiger partial charge in [0.05, 0.1) is 10.9 Å². The van der Waals surface area contributed by atoms with E-state index in [1.807, 2.05) is 44.2 Å². The predicted molar refractivity (Wildman–Crippen MR) is 131 cm³/mol. The van der Waals surface area contributed by atoms with Gasteiger partial charge >= 0.3 is 0 Å². The number of aryl methyl sites for hydroxylation is 3. The number of nitrogens with one attached hydrogen (secondary N) is 2. The van der Waals surface area contributed by atoms with Crippen molar-refractivity contribution in [2.24, 2.45) is 5.92 Å². The first-order chi connectivity index (χ1) is 15.3. The topological polar surface area (TPSA) is 58.2 Å². The van der Waals surface area contributed by atoms with Crippen LogP contribution in [0.15, 0.2) is 77.7 Å². The summed E-state index contributed by atoms with van der Waals surface area (Å²) in [5, 5.41) is 3.70. The Labute approximate surface area is 190 Å². The number of benzene rings is 3. The number of rotatable bonds is 4. The van der Waals surface area contributed by atoms with Gasteiger partial charge in [0.25, 0.3) is 10.0 Å². The quantitative estimate of drug-likeness (QED) is 0.468. The minimum absolute atomic E-state index is 0.202. The molecule has 164 valence electrons. The molecular formula is C27H28N2O2S. The van der Waals surface area contributed by atoms with Crippen LogP contribution in [0.25, 0.3) is 0 Å². The maximum atomic E-state index is 13.2. The predicted octanol–water partition coefficient (Wildman–Crippen LogP) is 6.24. The van der Waals surface area contributed by atoms with Gasteiger partial charge in [0.2, 0.25) is 0 Å². The second-order valence-corrected chi connectivity index (χ2v) is 10.8. The average molecular weight is 445 g/mol. The monoisotopic (exact) mass is 444 g/mol. The van der Waals surface area contributed by atoms with Crippen molar-refractivity contribution in [1.29, 1.82) is 0 Å². The molecule has 0 radical (unpaired) electrons. The SMILES string of the molecule is Cc1cc(C)cc(NS(=O)(=O)c2ccc3c(c2)C2C=CCC2C(c2cccc(C)c2)N3)c1. The van der Waals surface area contributed by atoms with Gasteiger partial charge in [-0.2, -0.15) is 0 Å². The van der Waals surface area contributed by atoms with Crippen LogP contribution in [-0.4, -0.2) is 8.42 Å². The molecule has 2 N–H and O–H groups in total. The number of allylic oxidation sites excluding steroid dienone is 2. The van der Waals surface area contributed by atoms with E-state index < -0.39 is 10.0 Å². The summed E-state index contributed by atoms with van der Waals surface area (Å²) in [5.74, 6) is 0.572. The lowest BCUT2D eigenvalue weighted by Crippen LogP contribution is -2.29. The molecule has 2 aliphatic rings. The number of sulfonamides is 1. The molecule has 0 fully saturated rings. The van der Waals surface area contributed by atoms with Gasteiger partial charge in [-0.05, 0) is 85.7 Å². The standard InChI is InChI=1S/C27H28N2O2S/c1-17-6-4-7-20(13-17)27-24-9-5-8-23(24)25-16-22(10-11-26(25)28-27)32(30,31)29-21-14-18(2)12-19(3)15-21/h4-8,10-16,23-24,27-29H,9H2,1-3H3. The van der Waals surface area contributed by atoms with Crippen LogP contribution in [0.3, 0.4) is 0 Å². The van der Waals surface area contributed by atoms with Gasteiger partial charge in [-0.3, -0.25) is 4.72 Å². The highest BCUT2D eigenvalue weighted by molar-refractivity contribution is 7.92. The van der Waals surface area contributed by atoms with E-state index in [9.17, 15) is 8.42 Å². The Morgan fingerprint density at radius 2 is 1.69 bits per heavy atom. The van der Waals surface area contributed by atoms with Crippen molar-refractivity contribution in [2.45, 2.75) is 44.0 Å². The third-order valence-corrected chi connectivity index (χ3v) is 7.90. The Balaban J connectivity index is 1.49. The maximum Gasteiger partial charge on any atom is 0.261 e. The normalized spacial score (nSPS) is 21.5. The molecule has 0 saturated heterocycles. The molecule has 0 bridgehead atoms. The van der Waals surface area contributed by atoms with E-state index in [4.69, 9.17) is 0 Å². The molecule has 3 unspecified atom stereocenters. The van der Waals surface area contributed by atoms with Gasteiger partial charge in [0.1, 0.15) is 0 Å². The summed E-state index contributed by atoms with van der Waals surface area (Å²) in [7, 11) is -3.68. The summed E-state index contributed by atoms with van der Waals surface area (Å²) in [6.45, 7) is 6.05. The van der Waals surface area contributed by atoms with Crippen molar-refractivity contribution in [3.63, 3.8) is 0 Å². The largest absolute Gasteiger partial charge is 0.378 e. The van der Waals surface area contributed by atoms with Crippen molar-refractivity contribution < 1.29 is 8.42 Å². The van der Waals surface area contributed by atoms with Crippen molar-refractivity contribution >= 4 is 21.4 Å². The highest BCUT2D eigenvalue weighted by Crippen LogP contribution is 2.50. The zero-order valence-electron chi connectivity index (χ0n) is 18.6. The molecule has 1 heterocycles. The summed E-state index contributed by atoms with van der Waals surface area (Å²) < 4.78 is 29.1. The fourth-order valence-electron chi connectivity index (χ4n) is 5.18. The molecule has 0 amide bonds. The number of anilines is 2. The highest BCUT2D eigenvalue weighted by Gasteiger charge is 2.38. The van der Waals surface area contributed by atoms with Crippen LogP contribution in [0.5, 0.6) is 0 Å². The fraction of sp³-hybridized carbons (Fsp3) is 0.259. The lowest BCUT2D eigenvalue weighted by molar-refractivity contribution is 0.425. The summed E-state index contributed by atoms with van der Waals surface area (Å²) in [6.07, 6.45) is 5.44. The molecule has 5 heteroatoms. The smallest absolute Gasteiger partial charge is 0.261 e. The minimum Gasteiger partial charge on any atom is -0.378 e. The van der Waals surface area contributed by atoms with Gasteiger partial charge < -0.3 is 5.32 Å². The minimum atomic E-state index is -3.68. The van der Waals surface area contributed by atoms with E-state index in [-0.39, 0.29) is 12.0 Å². The van der Waals surface area contributed by atoms with Crippen molar-refractivity contribution in [3.05, 3.63) is 101 Å². The van der Waals surface area contributed by atoms with E-state index in [0.717, 1.165) is 28.8 Å². The zero-order valence-corrected chi connectivity index (χ0v) is 19.4. The van der Waals surface area contributed by atoms with Crippen molar-refractivity contribution in [2.75, 3.05) is 10.0 Å². The van der Waals surface area contributed by atoms with E-state index in [1.165, 1.54) is 11.1 Å². The Kier molecular flexibility index (Phi) is 5.09. The van der Waals surface area contributed by atoms with Crippen LogP contribution in [0.1, 0.15) is 46.2 Å². The first-order valence-electron chi connectivity index (χ1n) is 11.0. The summed E-state index contributed by atoms with van der Waals surface area (Å²) in [6, 6.07) is 20.0. The summed E-state index contributed by atoms with van der Waals surface area (Å²) in [5.41, 5.74) is 7.23. The molecule has 1 aliphatic heterocycles. The van der Waals surface area contributed by atoms with Gasteiger partial charge in [0, 0.05) is 17.3 Å². The van der Waals surface area contributed by atoms with Crippen LogP contribution in [-0.2, 0) is 10.0 Å². The van der Waals surface area contributed by atoms with Crippen LogP contribution in [0.2, 0.25) is 0 Å². The lowest BCUT2D eigenvalue weighted by atomic mass is 9.77. The van der Waals surface area contributed by atoms with Crippen LogP contribution in [0, 0.1) is 26.7 Å². The Hall–Kier alpha value is -3.05. The molecule has 0 spiro atoms. The maximum absolute atomic E-state index is 13.2. The first-order valence-corrected chi connectivity index (χ1v) is 12.5. The van der Waals surface area contributed by atoms with Crippen molar-refractivity contribution in [1.82, 2.24) is 0 Å². The molecule has 3 aromatic rings. The molecule has 3 atom stereocenters. The van der Waals surface area contributed by atoms with Crippen LogP contribution < -0.4 is 10.0 Å². The second kappa shape index (κ2) is 7.82. The average Bonchev–Trinajstić information content (AvgIpc) is 3.22. The van der Waals surface area contributed by atoms with Crippen LogP contribution >= 0.6 is 0 Å². The van der Waals surface area contributed by atoms with Gasteiger partial charge in [0.15, 0.2) is 0 Å². The number of hydrogen-bond donors (Lipinski definition) is 2. The van der Waals surface area contributed by atoms with E-state index in [0.29, 0.717) is 16.5 Å². The molecule has 0 aromatic heterocycles. The zero-order chi connectivity index (χ0) is 22.5. The number of hydrogen-bond acceptors (Lipinski definition) is 3. The van der Waals surface area contributed by atoms with Gasteiger partial charge in [-0.15, -0.1) is 0 Å². The van der Waals surface area contributed by atoms with E-state index >= 15 is 0 Å². The first kappa shape index (κ1) is 20.8. The molecule has 0 saturated carbocycles. The van der Waals surface area contributed by atoms with Crippen LogP contribution in [0.4, 0.5) is 11.4 Å². The molecule has 32 heavy (non-hydrogen) atoms. The molecule has 5 rings (SSSR count). The molecule has 4 nitrogen and oxygen atoms in total. The highest BCUT2D eigenvalue weighted by atomic mass is 32.2. The molecule has 3 aromatic carbocycles. The number of fused-ring (bicyclic) bond motifs is 3.